The van der Waals surface area contributed by atoms with Gasteiger partial charge in [0.2, 0.25) is 0 Å². The summed E-state index contributed by atoms with van der Waals surface area (Å²) < 4.78 is 0. The van der Waals surface area contributed by atoms with Crippen molar-refractivity contribution < 1.29 is 4.79 Å². The standard InChI is InChI=1S/C12H20N4O/c1-3-16(2)7-6-15-9-4-5-11(13)10(8-9)12(14)17/h4-5,8,15H,3,6-7,13H2,1-2H3,(H2,14,17). The van der Waals surface area contributed by atoms with Gasteiger partial charge in [-0.05, 0) is 31.8 Å². The van der Waals surface area contributed by atoms with Crippen LogP contribution in [-0.2, 0) is 0 Å². The molecular formula is C12H20N4O. The minimum Gasteiger partial charge on any atom is -0.398 e. The van der Waals surface area contributed by atoms with E-state index in [-0.39, 0.29) is 0 Å². The van der Waals surface area contributed by atoms with Crippen molar-refractivity contribution in [3.63, 3.8) is 0 Å². The molecule has 0 radical (unpaired) electrons. The van der Waals surface area contributed by atoms with E-state index < -0.39 is 5.91 Å². The van der Waals surface area contributed by atoms with Gasteiger partial charge in [-0.1, -0.05) is 6.92 Å². The zero-order chi connectivity index (χ0) is 12.8. The largest absolute Gasteiger partial charge is 0.398 e. The molecule has 0 aliphatic heterocycles. The lowest BCUT2D eigenvalue weighted by atomic mass is 10.1. The summed E-state index contributed by atoms with van der Waals surface area (Å²) in [6, 6.07) is 5.21. The molecule has 94 valence electrons. The Balaban J connectivity index is 2.60. The number of carbonyl (C=O) groups excluding carboxylic acids is 1. The van der Waals surface area contributed by atoms with Crippen molar-refractivity contribution in [1.29, 1.82) is 0 Å². The van der Waals surface area contributed by atoms with Crippen LogP contribution in [0.25, 0.3) is 0 Å². The van der Waals surface area contributed by atoms with Gasteiger partial charge in [0, 0.05) is 24.5 Å². The molecular weight excluding hydrogens is 216 g/mol. The van der Waals surface area contributed by atoms with Crippen molar-refractivity contribution in [2.75, 3.05) is 37.7 Å². The van der Waals surface area contributed by atoms with Gasteiger partial charge in [-0.2, -0.15) is 0 Å². The second-order valence-corrected chi connectivity index (χ2v) is 3.99. The number of primary amides is 1. The van der Waals surface area contributed by atoms with Crippen molar-refractivity contribution in [3.05, 3.63) is 23.8 Å². The van der Waals surface area contributed by atoms with Crippen LogP contribution in [0.15, 0.2) is 18.2 Å². The maximum absolute atomic E-state index is 11.1. The van der Waals surface area contributed by atoms with Gasteiger partial charge in [-0.25, -0.2) is 0 Å². The van der Waals surface area contributed by atoms with E-state index in [2.05, 4.69) is 24.2 Å². The van der Waals surface area contributed by atoms with Gasteiger partial charge in [0.05, 0.1) is 5.56 Å². The fourth-order valence-corrected chi connectivity index (χ4v) is 1.43. The normalized spacial score (nSPS) is 10.5. The van der Waals surface area contributed by atoms with Crippen LogP contribution in [0.5, 0.6) is 0 Å². The molecule has 1 aromatic carbocycles. The molecule has 0 unspecified atom stereocenters. The Morgan fingerprint density at radius 1 is 1.47 bits per heavy atom. The lowest BCUT2D eigenvalue weighted by molar-refractivity contribution is 0.100. The highest BCUT2D eigenvalue weighted by molar-refractivity contribution is 5.98. The summed E-state index contributed by atoms with van der Waals surface area (Å²) in [5.41, 5.74) is 12.5. The predicted octanol–water partition coefficient (Wildman–Crippen LogP) is 0.731. The minimum atomic E-state index is -0.503. The zero-order valence-electron chi connectivity index (χ0n) is 10.4. The van der Waals surface area contributed by atoms with Crippen LogP contribution in [0.1, 0.15) is 17.3 Å². The van der Waals surface area contributed by atoms with Crippen LogP contribution in [0.3, 0.4) is 0 Å². The fraction of sp³-hybridized carbons (Fsp3) is 0.417. The van der Waals surface area contributed by atoms with Gasteiger partial charge in [-0.15, -0.1) is 0 Å². The number of amides is 1. The number of carbonyl (C=O) groups is 1. The third-order valence-corrected chi connectivity index (χ3v) is 2.68. The number of benzene rings is 1. The van der Waals surface area contributed by atoms with E-state index in [9.17, 15) is 4.79 Å². The number of nitrogens with one attached hydrogen (secondary N) is 1. The summed E-state index contributed by atoms with van der Waals surface area (Å²) in [5, 5.41) is 3.23. The molecule has 0 saturated heterocycles. The highest BCUT2D eigenvalue weighted by atomic mass is 16.1. The van der Waals surface area contributed by atoms with E-state index >= 15 is 0 Å². The van der Waals surface area contributed by atoms with Crippen LogP contribution in [-0.4, -0.2) is 37.5 Å². The number of anilines is 2. The van der Waals surface area contributed by atoms with Gasteiger partial charge in [0.15, 0.2) is 0 Å². The Labute approximate surface area is 102 Å². The molecule has 0 fully saturated rings. The predicted molar refractivity (Wildman–Crippen MR) is 71.0 cm³/mol. The maximum Gasteiger partial charge on any atom is 0.250 e. The summed E-state index contributed by atoms with van der Waals surface area (Å²) in [4.78, 5) is 13.3. The van der Waals surface area contributed by atoms with Crippen molar-refractivity contribution >= 4 is 17.3 Å². The monoisotopic (exact) mass is 236 g/mol. The molecule has 5 nitrogen and oxygen atoms in total. The van der Waals surface area contributed by atoms with Gasteiger partial charge in [-0.3, -0.25) is 4.79 Å². The Bertz CT molecular complexity index is 392. The number of nitrogens with two attached hydrogens (primary N) is 2. The number of nitrogen functional groups attached to an aromatic ring is 1. The lowest BCUT2D eigenvalue weighted by Gasteiger charge is -2.15. The molecule has 0 spiro atoms. The Kier molecular flexibility index (Phi) is 4.78. The molecule has 0 bridgehead atoms. The molecule has 1 amide bonds. The van der Waals surface area contributed by atoms with E-state index in [4.69, 9.17) is 11.5 Å². The quantitative estimate of drug-likeness (QED) is 0.636. The number of likely N-dealkylation sites (N-methyl/N-ethyl adjacent to an activating group) is 1. The Hall–Kier alpha value is -1.75. The van der Waals surface area contributed by atoms with Crippen LogP contribution in [0.2, 0.25) is 0 Å². The third kappa shape index (κ3) is 3.96. The van der Waals surface area contributed by atoms with Gasteiger partial charge in [0.1, 0.15) is 0 Å². The van der Waals surface area contributed by atoms with E-state index in [1.54, 1.807) is 12.1 Å². The molecule has 0 heterocycles. The first-order valence-electron chi connectivity index (χ1n) is 5.66. The first kappa shape index (κ1) is 13.3. The fourth-order valence-electron chi connectivity index (χ4n) is 1.43. The summed E-state index contributed by atoms with van der Waals surface area (Å²) in [6.07, 6.45) is 0. The maximum atomic E-state index is 11.1. The van der Waals surface area contributed by atoms with E-state index in [0.717, 1.165) is 25.3 Å². The second kappa shape index (κ2) is 6.10. The van der Waals surface area contributed by atoms with Crippen molar-refractivity contribution in [3.8, 4) is 0 Å². The van der Waals surface area contributed by atoms with Crippen LogP contribution in [0, 0.1) is 0 Å². The molecule has 5 N–H and O–H groups in total. The molecule has 17 heavy (non-hydrogen) atoms. The first-order chi connectivity index (χ1) is 8.04. The molecule has 0 saturated carbocycles. The van der Waals surface area contributed by atoms with E-state index in [1.807, 2.05) is 6.07 Å². The second-order valence-electron chi connectivity index (χ2n) is 3.99. The van der Waals surface area contributed by atoms with Gasteiger partial charge < -0.3 is 21.7 Å². The summed E-state index contributed by atoms with van der Waals surface area (Å²) >= 11 is 0. The SMILES string of the molecule is CCN(C)CCNc1ccc(N)c(C(N)=O)c1. The van der Waals surface area contributed by atoms with Gasteiger partial charge in [0.25, 0.3) is 5.91 Å². The molecule has 0 atom stereocenters. The molecule has 1 rings (SSSR count). The van der Waals surface area contributed by atoms with E-state index in [1.165, 1.54) is 0 Å². The molecule has 1 aromatic rings. The topological polar surface area (TPSA) is 84.4 Å². The summed E-state index contributed by atoms with van der Waals surface area (Å²) in [5.74, 6) is -0.503. The Morgan fingerprint density at radius 2 is 2.18 bits per heavy atom. The van der Waals surface area contributed by atoms with Crippen LogP contribution < -0.4 is 16.8 Å². The molecule has 5 heteroatoms. The summed E-state index contributed by atoms with van der Waals surface area (Å²) in [7, 11) is 2.06. The number of hydrogen-bond acceptors (Lipinski definition) is 4. The zero-order valence-corrected chi connectivity index (χ0v) is 10.4. The van der Waals surface area contributed by atoms with E-state index in [0.29, 0.717) is 11.3 Å². The van der Waals surface area contributed by atoms with Crippen LogP contribution in [0.4, 0.5) is 11.4 Å². The molecule has 0 aliphatic carbocycles. The van der Waals surface area contributed by atoms with Crippen molar-refractivity contribution in [1.82, 2.24) is 4.90 Å². The lowest BCUT2D eigenvalue weighted by Crippen LogP contribution is -2.24. The molecule has 0 aromatic heterocycles. The summed E-state index contributed by atoms with van der Waals surface area (Å²) in [6.45, 7) is 4.86. The Morgan fingerprint density at radius 3 is 2.76 bits per heavy atom. The number of rotatable bonds is 6. The smallest absolute Gasteiger partial charge is 0.250 e. The third-order valence-electron chi connectivity index (χ3n) is 2.68. The average molecular weight is 236 g/mol. The highest BCUT2D eigenvalue weighted by Gasteiger charge is 2.06. The number of hydrogen-bond donors (Lipinski definition) is 3. The van der Waals surface area contributed by atoms with Crippen molar-refractivity contribution in [2.45, 2.75) is 6.92 Å². The first-order valence-corrected chi connectivity index (χ1v) is 5.66. The number of nitrogens with zero attached hydrogens (tertiary/aromatic N) is 1. The molecule has 0 aliphatic rings. The average Bonchev–Trinajstić information content (AvgIpc) is 2.30. The van der Waals surface area contributed by atoms with Crippen molar-refractivity contribution in [2.24, 2.45) is 5.73 Å². The van der Waals surface area contributed by atoms with Crippen LogP contribution >= 0.6 is 0 Å². The van der Waals surface area contributed by atoms with Gasteiger partial charge >= 0.3 is 0 Å². The highest BCUT2D eigenvalue weighted by Crippen LogP contribution is 2.17. The minimum absolute atomic E-state index is 0.360.